The number of aromatic nitrogens is 1. The zero-order valence-electron chi connectivity index (χ0n) is 8.30. The predicted octanol–water partition coefficient (Wildman–Crippen LogP) is 1.18. The van der Waals surface area contributed by atoms with E-state index in [0.717, 1.165) is 11.4 Å². The summed E-state index contributed by atoms with van der Waals surface area (Å²) in [5, 5.41) is 11.9. The van der Waals surface area contributed by atoms with E-state index in [2.05, 4.69) is 10.3 Å². The first kappa shape index (κ1) is 10.4. The molecule has 0 bridgehead atoms. The van der Waals surface area contributed by atoms with E-state index in [9.17, 15) is 4.79 Å². The Kier molecular flexibility index (Phi) is 2.93. The van der Waals surface area contributed by atoms with Crippen LogP contribution >= 0.6 is 11.8 Å². The molecule has 0 radical (unpaired) electrons. The first-order valence-electron chi connectivity index (χ1n) is 4.71. The third-order valence-corrected chi connectivity index (χ3v) is 3.50. The number of carboxylic acid groups (broad SMARTS) is 1. The van der Waals surface area contributed by atoms with Crippen LogP contribution in [0.4, 0.5) is 0 Å². The van der Waals surface area contributed by atoms with Gasteiger partial charge in [0.2, 0.25) is 0 Å². The SMILES string of the molecule is Cc1cccc([C@@H]2N[C@@H](C(=O)O)CS2)n1. The van der Waals surface area contributed by atoms with Gasteiger partial charge in [-0.2, -0.15) is 0 Å². The molecule has 1 saturated heterocycles. The zero-order valence-corrected chi connectivity index (χ0v) is 9.12. The second-order valence-electron chi connectivity index (χ2n) is 3.47. The quantitative estimate of drug-likeness (QED) is 0.789. The number of nitrogens with zero attached hydrogens (tertiary/aromatic N) is 1. The van der Waals surface area contributed by atoms with Crippen LogP contribution in [0.5, 0.6) is 0 Å². The number of pyridine rings is 1. The summed E-state index contributed by atoms with van der Waals surface area (Å²) < 4.78 is 0. The molecule has 1 aromatic heterocycles. The van der Waals surface area contributed by atoms with E-state index in [4.69, 9.17) is 5.11 Å². The van der Waals surface area contributed by atoms with Gasteiger partial charge in [0.05, 0.1) is 11.1 Å². The highest BCUT2D eigenvalue weighted by atomic mass is 32.2. The fraction of sp³-hybridized carbons (Fsp3) is 0.400. The summed E-state index contributed by atoms with van der Waals surface area (Å²) in [5.41, 5.74) is 1.86. The summed E-state index contributed by atoms with van der Waals surface area (Å²) in [4.78, 5) is 15.1. The summed E-state index contributed by atoms with van der Waals surface area (Å²) in [6.07, 6.45) is 0. The molecule has 1 aliphatic rings. The lowest BCUT2D eigenvalue weighted by molar-refractivity contribution is -0.138. The van der Waals surface area contributed by atoms with Gasteiger partial charge in [0.25, 0.3) is 0 Å². The normalized spacial score (nSPS) is 25.4. The first-order chi connectivity index (χ1) is 7.16. The maximum Gasteiger partial charge on any atom is 0.321 e. The van der Waals surface area contributed by atoms with Crippen LogP contribution in [0.25, 0.3) is 0 Å². The number of hydrogen-bond acceptors (Lipinski definition) is 4. The largest absolute Gasteiger partial charge is 0.480 e. The lowest BCUT2D eigenvalue weighted by atomic mass is 10.3. The van der Waals surface area contributed by atoms with Gasteiger partial charge in [-0.15, -0.1) is 11.8 Å². The van der Waals surface area contributed by atoms with Crippen LogP contribution in [0.1, 0.15) is 16.8 Å². The van der Waals surface area contributed by atoms with Crippen LogP contribution in [0, 0.1) is 6.92 Å². The Morgan fingerprint density at radius 2 is 2.47 bits per heavy atom. The summed E-state index contributed by atoms with van der Waals surface area (Å²) >= 11 is 1.59. The van der Waals surface area contributed by atoms with Crippen LogP contribution in [0.3, 0.4) is 0 Å². The number of thioether (sulfide) groups is 1. The van der Waals surface area contributed by atoms with Crippen molar-refractivity contribution in [1.82, 2.24) is 10.3 Å². The first-order valence-corrected chi connectivity index (χ1v) is 5.76. The van der Waals surface area contributed by atoms with Gasteiger partial charge in [-0.25, -0.2) is 0 Å². The summed E-state index contributed by atoms with van der Waals surface area (Å²) in [5.74, 6) is -0.201. The van der Waals surface area contributed by atoms with Gasteiger partial charge in [0, 0.05) is 11.4 Å². The number of carbonyl (C=O) groups is 1. The van der Waals surface area contributed by atoms with Crippen molar-refractivity contribution in [2.45, 2.75) is 18.3 Å². The molecule has 0 aliphatic carbocycles. The van der Waals surface area contributed by atoms with E-state index >= 15 is 0 Å². The molecule has 0 saturated carbocycles. The molecule has 2 heterocycles. The molecule has 0 amide bonds. The van der Waals surface area contributed by atoms with Crippen molar-refractivity contribution in [3.05, 3.63) is 29.6 Å². The molecule has 0 aromatic carbocycles. The van der Waals surface area contributed by atoms with Crippen molar-refractivity contribution in [3.63, 3.8) is 0 Å². The molecule has 15 heavy (non-hydrogen) atoms. The van der Waals surface area contributed by atoms with Crippen LogP contribution in [-0.4, -0.2) is 27.9 Å². The van der Waals surface area contributed by atoms with Crippen molar-refractivity contribution in [3.8, 4) is 0 Å². The lowest BCUT2D eigenvalue weighted by Gasteiger charge is -2.10. The molecule has 2 rings (SSSR count). The second kappa shape index (κ2) is 4.20. The number of rotatable bonds is 2. The van der Waals surface area contributed by atoms with Crippen molar-refractivity contribution in [1.29, 1.82) is 0 Å². The lowest BCUT2D eigenvalue weighted by Crippen LogP contribution is -2.33. The van der Waals surface area contributed by atoms with Gasteiger partial charge in [0.1, 0.15) is 6.04 Å². The van der Waals surface area contributed by atoms with E-state index < -0.39 is 12.0 Å². The highest BCUT2D eigenvalue weighted by molar-refractivity contribution is 7.99. The Labute approximate surface area is 92.1 Å². The molecule has 4 nitrogen and oxygen atoms in total. The number of hydrogen-bond donors (Lipinski definition) is 2. The minimum absolute atomic E-state index is 0.00556. The van der Waals surface area contributed by atoms with E-state index in [1.807, 2.05) is 25.1 Å². The minimum Gasteiger partial charge on any atom is -0.480 e. The van der Waals surface area contributed by atoms with Crippen LogP contribution in [-0.2, 0) is 4.79 Å². The van der Waals surface area contributed by atoms with E-state index in [1.54, 1.807) is 11.8 Å². The summed E-state index contributed by atoms with van der Waals surface area (Å²) in [6, 6.07) is 5.33. The maximum atomic E-state index is 10.7. The van der Waals surface area contributed by atoms with Crippen LogP contribution < -0.4 is 5.32 Å². The van der Waals surface area contributed by atoms with Crippen molar-refractivity contribution < 1.29 is 9.90 Å². The van der Waals surface area contributed by atoms with Crippen LogP contribution in [0.2, 0.25) is 0 Å². The third-order valence-electron chi connectivity index (χ3n) is 2.26. The topological polar surface area (TPSA) is 62.2 Å². The second-order valence-corrected chi connectivity index (χ2v) is 4.61. The highest BCUT2D eigenvalue weighted by Crippen LogP contribution is 2.31. The number of nitrogens with one attached hydrogen (secondary N) is 1. The fourth-order valence-corrected chi connectivity index (χ4v) is 2.68. The molecule has 5 heteroatoms. The Balaban J connectivity index is 2.11. The Morgan fingerprint density at radius 3 is 3.07 bits per heavy atom. The molecular formula is C10H12N2O2S. The molecule has 1 fully saturated rings. The van der Waals surface area contributed by atoms with Gasteiger partial charge >= 0.3 is 5.97 Å². The molecule has 80 valence electrons. The Hall–Kier alpha value is -1.07. The zero-order chi connectivity index (χ0) is 10.8. The molecule has 0 spiro atoms. The van der Waals surface area contributed by atoms with Gasteiger partial charge in [0.15, 0.2) is 0 Å². The molecule has 2 atom stereocenters. The Morgan fingerprint density at radius 1 is 1.67 bits per heavy atom. The fourth-order valence-electron chi connectivity index (χ4n) is 1.49. The van der Waals surface area contributed by atoms with Crippen molar-refractivity contribution in [2.75, 3.05) is 5.75 Å². The number of aryl methyl sites for hydroxylation is 1. The molecule has 0 unspecified atom stereocenters. The molecule has 1 aromatic rings. The van der Waals surface area contributed by atoms with Crippen molar-refractivity contribution >= 4 is 17.7 Å². The van der Waals surface area contributed by atoms with E-state index in [-0.39, 0.29) is 5.37 Å². The van der Waals surface area contributed by atoms with Gasteiger partial charge in [-0.05, 0) is 19.1 Å². The molecule has 2 N–H and O–H groups in total. The summed E-state index contributed by atoms with van der Waals surface area (Å²) in [6.45, 7) is 1.93. The predicted molar refractivity (Wildman–Crippen MR) is 58.7 cm³/mol. The average molecular weight is 224 g/mol. The maximum absolute atomic E-state index is 10.7. The standard InChI is InChI=1S/C10H12N2O2S/c1-6-3-2-4-7(11-6)9-12-8(5-15-9)10(13)14/h2-4,8-9,12H,5H2,1H3,(H,13,14)/t8-,9-/m1/s1. The Bertz CT molecular complexity index is 383. The molecule has 1 aliphatic heterocycles. The van der Waals surface area contributed by atoms with Crippen molar-refractivity contribution in [2.24, 2.45) is 0 Å². The average Bonchev–Trinajstić information content (AvgIpc) is 2.66. The minimum atomic E-state index is -0.794. The van der Waals surface area contributed by atoms with E-state index in [1.165, 1.54) is 0 Å². The summed E-state index contributed by atoms with van der Waals surface area (Å²) in [7, 11) is 0. The van der Waals surface area contributed by atoms with E-state index in [0.29, 0.717) is 5.75 Å². The third kappa shape index (κ3) is 2.30. The highest BCUT2D eigenvalue weighted by Gasteiger charge is 2.30. The number of carboxylic acids is 1. The van der Waals surface area contributed by atoms with Crippen LogP contribution in [0.15, 0.2) is 18.2 Å². The smallest absolute Gasteiger partial charge is 0.321 e. The molecular weight excluding hydrogens is 212 g/mol. The van der Waals surface area contributed by atoms with Gasteiger partial charge in [-0.3, -0.25) is 15.1 Å². The van der Waals surface area contributed by atoms with Gasteiger partial charge in [-0.1, -0.05) is 6.07 Å². The van der Waals surface area contributed by atoms with Gasteiger partial charge < -0.3 is 5.11 Å². The number of aliphatic carboxylic acids is 1. The monoisotopic (exact) mass is 224 g/mol.